The van der Waals surface area contributed by atoms with Crippen LogP contribution in [0.1, 0.15) is 59.1 Å². The van der Waals surface area contributed by atoms with Gasteiger partial charge in [0.2, 0.25) is 10.0 Å². The smallest absolute Gasteiger partial charge is 0.336 e. The van der Waals surface area contributed by atoms with E-state index in [1.54, 1.807) is 50.4 Å². The third-order valence-corrected chi connectivity index (χ3v) is 8.63. The van der Waals surface area contributed by atoms with Crippen LogP contribution in [0.25, 0.3) is 10.8 Å². The number of anilines is 3. The lowest BCUT2D eigenvalue weighted by Gasteiger charge is -2.24. The lowest BCUT2D eigenvalue weighted by molar-refractivity contribution is 0.0695. The number of carboxylic acids is 1. The summed E-state index contributed by atoms with van der Waals surface area (Å²) in [5.41, 5.74) is 4.86. The largest absolute Gasteiger partial charge is 0.492 e. The molecule has 0 spiro atoms. The molecular formula is C38H40N4O7S. The van der Waals surface area contributed by atoms with E-state index in [9.17, 15) is 23.1 Å². The predicted octanol–water partition coefficient (Wildman–Crippen LogP) is 8.25. The number of rotatable bonds is 10. The summed E-state index contributed by atoms with van der Waals surface area (Å²) >= 11 is 0. The number of ether oxygens (including phenoxy) is 2. The highest BCUT2D eigenvalue weighted by Crippen LogP contribution is 2.40. The molecule has 1 aromatic heterocycles. The first-order valence-electron chi connectivity index (χ1n) is 15.8. The van der Waals surface area contributed by atoms with Gasteiger partial charge in [-0.05, 0) is 71.8 Å². The number of hydrogen-bond acceptors (Lipinski definition) is 7. The van der Waals surface area contributed by atoms with Crippen molar-refractivity contribution in [3.63, 3.8) is 0 Å². The zero-order valence-electron chi connectivity index (χ0n) is 29.0. The Morgan fingerprint density at radius 3 is 2.12 bits per heavy atom. The van der Waals surface area contributed by atoms with Crippen molar-refractivity contribution in [2.24, 2.45) is 0 Å². The molecule has 0 saturated carbocycles. The number of fused-ring (bicyclic) bond motifs is 1. The van der Waals surface area contributed by atoms with Crippen molar-refractivity contribution in [2.75, 3.05) is 28.7 Å². The van der Waals surface area contributed by atoms with E-state index in [-0.39, 0.29) is 16.9 Å². The second-order valence-electron chi connectivity index (χ2n) is 13.1. The number of nitrogens with one attached hydrogen (secondary N) is 3. The highest BCUT2D eigenvalue weighted by molar-refractivity contribution is 7.92. The van der Waals surface area contributed by atoms with Gasteiger partial charge in [0.05, 0.1) is 36.0 Å². The van der Waals surface area contributed by atoms with E-state index < -0.39 is 22.0 Å². The Labute approximate surface area is 291 Å². The number of aromatic carboxylic acids is 1. The summed E-state index contributed by atoms with van der Waals surface area (Å²) < 4.78 is 38.6. The van der Waals surface area contributed by atoms with Crippen LogP contribution in [-0.2, 0) is 21.9 Å². The van der Waals surface area contributed by atoms with Gasteiger partial charge in [-0.25, -0.2) is 18.0 Å². The number of amides is 2. The normalized spacial score (nSPS) is 11.6. The van der Waals surface area contributed by atoms with E-state index in [4.69, 9.17) is 9.47 Å². The fourth-order valence-electron chi connectivity index (χ4n) is 5.84. The van der Waals surface area contributed by atoms with Crippen LogP contribution in [0.5, 0.6) is 17.2 Å². The van der Waals surface area contributed by atoms with Crippen LogP contribution in [0.15, 0.2) is 79.0 Å². The minimum atomic E-state index is -3.63. The van der Waals surface area contributed by atoms with E-state index in [1.807, 2.05) is 63.2 Å². The summed E-state index contributed by atoms with van der Waals surface area (Å²) in [5, 5.41) is 16.7. The number of benzene rings is 4. The van der Waals surface area contributed by atoms with Crippen LogP contribution >= 0.6 is 0 Å². The highest BCUT2D eigenvalue weighted by Gasteiger charge is 2.23. The first-order chi connectivity index (χ1) is 23.5. The highest BCUT2D eigenvalue weighted by atomic mass is 32.2. The zero-order valence-corrected chi connectivity index (χ0v) is 29.8. The standard InChI is InChI=1S/C38H40N4O7S/c1-22-16-24(17-23(2)34(22)36(43)44)18-26-21-27(14-15-39-26)49-33-13-12-30(28-10-8-9-11-29(28)33)40-37(45)41-31-19-25(38(3,4)5)20-32(35(31)48-6)42-50(7,46)47/h8-17,19-21,42H,18H2,1-7H3,(H,43,44)(H2,40,41,45). The average Bonchev–Trinajstić information content (AvgIpc) is 3.00. The first kappa shape index (κ1) is 35.7. The molecule has 12 heteroatoms. The Hall–Kier alpha value is -5.62. The maximum absolute atomic E-state index is 13.4. The van der Waals surface area contributed by atoms with Crippen molar-refractivity contribution in [3.05, 3.63) is 113 Å². The molecule has 260 valence electrons. The Balaban J connectivity index is 1.39. The number of nitrogens with zero attached hydrogens (tertiary/aromatic N) is 1. The Bertz CT molecular complexity index is 2200. The van der Waals surface area contributed by atoms with Crippen molar-refractivity contribution in [2.45, 2.75) is 46.5 Å². The maximum atomic E-state index is 13.4. The third kappa shape index (κ3) is 8.32. The minimum Gasteiger partial charge on any atom is -0.492 e. The number of pyridine rings is 1. The summed E-state index contributed by atoms with van der Waals surface area (Å²) in [5.74, 6) is 0.362. The summed E-state index contributed by atoms with van der Waals surface area (Å²) in [7, 11) is -2.23. The van der Waals surface area contributed by atoms with Crippen LogP contribution in [0.2, 0.25) is 0 Å². The fourth-order valence-corrected chi connectivity index (χ4v) is 6.39. The van der Waals surface area contributed by atoms with E-state index >= 15 is 0 Å². The van der Waals surface area contributed by atoms with Crippen molar-refractivity contribution in [3.8, 4) is 17.2 Å². The fraction of sp³-hybridized carbons (Fsp3) is 0.237. The van der Waals surface area contributed by atoms with Gasteiger partial charge in [-0.15, -0.1) is 0 Å². The number of sulfonamides is 1. The van der Waals surface area contributed by atoms with Crippen molar-refractivity contribution in [1.29, 1.82) is 0 Å². The molecule has 4 aromatic carbocycles. The molecule has 0 aliphatic carbocycles. The maximum Gasteiger partial charge on any atom is 0.336 e. The number of carbonyl (C=O) groups excluding carboxylic acids is 1. The van der Waals surface area contributed by atoms with Crippen LogP contribution in [-0.4, -0.2) is 43.9 Å². The minimum absolute atomic E-state index is 0.173. The number of carbonyl (C=O) groups is 2. The molecule has 11 nitrogen and oxygen atoms in total. The number of urea groups is 1. The lowest BCUT2D eigenvalue weighted by atomic mass is 9.86. The molecule has 4 N–H and O–H groups in total. The van der Waals surface area contributed by atoms with Crippen LogP contribution < -0.4 is 24.8 Å². The third-order valence-electron chi connectivity index (χ3n) is 8.04. The molecule has 0 fully saturated rings. The molecule has 5 rings (SSSR count). The van der Waals surface area contributed by atoms with Gasteiger partial charge in [-0.2, -0.15) is 0 Å². The van der Waals surface area contributed by atoms with E-state index in [0.717, 1.165) is 33.8 Å². The number of methoxy groups -OCH3 is 1. The van der Waals surface area contributed by atoms with Gasteiger partial charge in [0.25, 0.3) is 0 Å². The second kappa shape index (κ2) is 14.1. The van der Waals surface area contributed by atoms with Gasteiger partial charge in [-0.3, -0.25) is 9.71 Å². The van der Waals surface area contributed by atoms with E-state index in [2.05, 4.69) is 20.3 Å². The van der Waals surface area contributed by atoms with Gasteiger partial charge in [-0.1, -0.05) is 57.2 Å². The summed E-state index contributed by atoms with van der Waals surface area (Å²) in [6.07, 6.45) is 3.21. The Kier molecular flexibility index (Phi) is 10.0. The molecule has 1 heterocycles. The quantitative estimate of drug-likeness (QED) is 0.114. The molecule has 2 amide bonds. The lowest BCUT2D eigenvalue weighted by Crippen LogP contribution is -2.22. The first-order valence-corrected chi connectivity index (χ1v) is 17.7. The number of aryl methyl sites for hydroxylation is 2. The predicted molar refractivity (Wildman–Crippen MR) is 197 cm³/mol. The molecule has 0 saturated heterocycles. The van der Waals surface area contributed by atoms with Gasteiger partial charge in [0.1, 0.15) is 11.5 Å². The molecule has 5 aromatic rings. The number of hydrogen-bond donors (Lipinski definition) is 4. The van der Waals surface area contributed by atoms with Crippen LogP contribution in [0, 0.1) is 13.8 Å². The molecule has 50 heavy (non-hydrogen) atoms. The molecule has 0 bridgehead atoms. The Morgan fingerprint density at radius 1 is 0.860 bits per heavy atom. The number of carboxylic acid groups (broad SMARTS) is 1. The monoisotopic (exact) mass is 696 g/mol. The molecular weight excluding hydrogens is 657 g/mol. The topological polar surface area (TPSA) is 156 Å². The summed E-state index contributed by atoms with van der Waals surface area (Å²) in [4.78, 5) is 29.5. The molecule has 0 atom stereocenters. The van der Waals surface area contributed by atoms with Gasteiger partial charge in [0, 0.05) is 35.2 Å². The SMILES string of the molecule is COc1c(NC(=O)Nc2ccc(Oc3ccnc(Cc4cc(C)c(C(=O)O)c(C)c4)c3)c3ccccc23)cc(C(C)(C)C)cc1NS(C)(=O)=O. The van der Waals surface area contributed by atoms with Crippen molar-refractivity contribution < 1.29 is 32.6 Å². The van der Waals surface area contributed by atoms with Crippen molar-refractivity contribution in [1.82, 2.24) is 4.98 Å². The van der Waals surface area contributed by atoms with Gasteiger partial charge in [0.15, 0.2) is 5.75 Å². The van der Waals surface area contributed by atoms with E-state index in [0.29, 0.717) is 46.0 Å². The van der Waals surface area contributed by atoms with Crippen LogP contribution in [0.3, 0.4) is 0 Å². The van der Waals surface area contributed by atoms with Gasteiger partial charge < -0.3 is 25.2 Å². The van der Waals surface area contributed by atoms with Gasteiger partial charge >= 0.3 is 12.0 Å². The summed E-state index contributed by atoms with van der Waals surface area (Å²) in [6, 6.07) is 21.2. The molecule has 0 unspecified atom stereocenters. The Morgan fingerprint density at radius 2 is 1.50 bits per heavy atom. The van der Waals surface area contributed by atoms with E-state index in [1.165, 1.54) is 7.11 Å². The summed E-state index contributed by atoms with van der Waals surface area (Å²) in [6.45, 7) is 9.52. The average molecular weight is 697 g/mol. The zero-order chi connectivity index (χ0) is 36.4. The molecule has 0 aliphatic rings. The van der Waals surface area contributed by atoms with Crippen molar-refractivity contribution >= 4 is 49.9 Å². The number of aromatic nitrogens is 1. The molecule has 0 radical (unpaired) electrons. The second-order valence-corrected chi connectivity index (χ2v) is 14.9. The van der Waals surface area contributed by atoms with Crippen LogP contribution in [0.4, 0.5) is 21.9 Å². The molecule has 0 aliphatic heterocycles.